The lowest BCUT2D eigenvalue weighted by Crippen LogP contribution is -2.08. The third-order valence-corrected chi connectivity index (χ3v) is 2.66. The van der Waals surface area contributed by atoms with Crippen molar-refractivity contribution in [3.05, 3.63) is 71.0 Å². The molecule has 90 valence electrons. The average molecular weight is 242 g/mol. The second-order valence-corrected chi connectivity index (χ2v) is 3.94. The maximum Gasteiger partial charge on any atom is 0.193 e. The predicted octanol–water partition coefficient (Wildman–Crippen LogP) is 3.26. The molecule has 2 aromatic rings. The topological polar surface area (TPSA) is 34.1 Å². The van der Waals surface area contributed by atoms with Crippen molar-refractivity contribution in [2.45, 2.75) is 6.92 Å². The Balaban J connectivity index is 2.46. The minimum absolute atomic E-state index is 0.166. The molecule has 18 heavy (non-hydrogen) atoms. The standard InChI is InChI=1S/C15H11FO2/c1-10(17)13-4-2-3-5-14(13)15(18)11-6-8-12(16)9-7-11/h2-9H,1H3. The number of rotatable bonds is 3. The zero-order valence-corrected chi connectivity index (χ0v) is 9.81. The summed E-state index contributed by atoms with van der Waals surface area (Å²) in [6.07, 6.45) is 0. The number of halogens is 1. The molecule has 0 aromatic heterocycles. The number of benzene rings is 2. The summed E-state index contributed by atoms with van der Waals surface area (Å²) in [5, 5.41) is 0. The third-order valence-electron chi connectivity index (χ3n) is 2.66. The van der Waals surface area contributed by atoms with Gasteiger partial charge >= 0.3 is 0 Å². The molecule has 0 aliphatic carbocycles. The molecule has 2 nitrogen and oxygen atoms in total. The normalized spacial score (nSPS) is 10.1. The Morgan fingerprint density at radius 2 is 1.44 bits per heavy atom. The summed E-state index contributed by atoms with van der Waals surface area (Å²) in [5.74, 6) is -0.840. The summed E-state index contributed by atoms with van der Waals surface area (Å²) in [7, 11) is 0. The van der Waals surface area contributed by atoms with Gasteiger partial charge in [0.05, 0.1) is 0 Å². The SMILES string of the molecule is CC(=O)c1ccccc1C(=O)c1ccc(F)cc1. The van der Waals surface area contributed by atoms with E-state index < -0.39 is 5.82 Å². The zero-order chi connectivity index (χ0) is 13.1. The quantitative estimate of drug-likeness (QED) is 0.774. The van der Waals surface area contributed by atoms with Crippen LogP contribution in [0.1, 0.15) is 33.2 Å². The van der Waals surface area contributed by atoms with E-state index in [9.17, 15) is 14.0 Å². The van der Waals surface area contributed by atoms with E-state index in [1.54, 1.807) is 24.3 Å². The summed E-state index contributed by atoms with van der Waals surface area (Å²) < 4.78 is 12.8. The second kappa shape index (κ2) is 4.92. The second-order valence-electron chi connectivity index (χ2n) is 3.94. The van der Waals surface area contributed by atoms with Crippen LogP contribution in [0, 0.1) is 5.82 Å². The number of carbonyl (C=O) groups excluding carboxylic acids is 2. The van der Waals surface area contributed by atoms with Crippen LogP contribution >= 0.6 is 0 Å². The first-order valence-electron chi connectivity index (χ1n) is 5.50. The van der Waals surface area contributed by atoms with Crippen molar-refractivity contribution < 1.29 is 14.0 Å². The van der Waals surface area contributed by atoms with Crippen LogP contribution in [-0.4, -0.2) is 11.6 Å². The molecule has 0 heterocycles. The van der Waals surface area contributed by atoms with Crippen LogP contribution in [-0.2, 0) is 0 Å². The van der Waals surface area contributed by atoms with E-state index in [0.29, 0.717) is 16.7 Å². The highest BCUT2D eigenvalue weighted by atomic mass is 19.1. The zero-order valence-electron chi connectivity index (χ0n) is 9.81. The Morgan fingerprint density at radius 3 is 2.00 bits per heavy atom. The maximum absolute atomic E-state index is 12.8. The summed E-state index contributed by atoms with van der Waals surface area (Å²) in [6, 6.07) is 11.9. The molecule has 2 rings (SSSR count). The first kappa shape index (κ1) is 12.2. The number of hydrogen-bond acceptors (Lipinski definition) is 2. The van der Waals surface area contributed by atoms with Crippen molar-refractivity contribution in [1.82, 2.24) is 0 Å². The van der Waals surface area contributed by atoms with Gasteiger partial charge in [-0.1, -0.05) is 24.3 Å². The predicted molar refractivity (Wildman–Crippen MR) is 66.3 cm³/mol. The van der Waals surface area contributed by atoms with Gasteiger partial charge in [0.25, 0.3) is 0 Å². The van der Waals surface area contributed by atoms with Gasteiger partial charge in [-0.15, -0.1) is 0 Å². The van der Waals surface area contributed by atoms with Crippen molar-refractivity contribution in [3.8, 4) is 0 Å². The molecule has 0 unspecified atom stereocenters. The Morgan fingerprint density at radius 1 is 0.889 bits per heavy atom. The maximum atomic E-state index is 12.8. The van der Waals surface area contributed by atoms with Crippen LogP contribution in [0.2, 0.25) is 0 Å². The van der Waals surface area contributed by atoms with Crippen molar-refractivity contribution in [1.29, 1.82) is 0 Å². The minimum atomic E-state index is -0.397. The summed E-state index contributed by atoms with van der Waals surface area (Å²) in [5.41, 5.74) is 1.09. The minimum Gasteiger partial charge on any atom is -0.294 e. The third kappa shape index (κ3) is 2.35. The van der Waals surface area contributed by atoms with E-state index in [-0.39, 0.29) is 11.6 Å². The van der Waals surface area contributed by atoms with Gasteiger partial charge < -0.3 is 0 Å². The van der Waals surface area contributed by atoms with E-state index in [1.807, 2.05) is 0 Å². The van der Waals surface area contributed by atoms with E-state index in [1.165, 1.54) is 31.2 Å². The average Bonchev–Trinajstić information content (AvgIpc) is 2.39. The fraction of sp³-hybridized carbons (Fsp3) is 0.0667. The Hall–Kier alpha value is -2.29. The van der Waals surface area contributed by atoms with E-state index in [4.69, 9.17) is 0 Å². The molecular weight excluding hydrogens is 231 g/mol. The number of ketones is 2. The first-order valence-corrected chi connectivity index (χ1v) is 5.50. The Bertz CT molecular complexity index is 600. The van der Waals surface area contributed by atoms with Crippen LogP contribution < -0.4 is 0 Å². The van der Waals surface area contributed by atoms with Crippen LogP contribution in [0.25, 0.3) is 0 Å². The van der Waals surface area contributed by atoms with Crippen molar-refractivity contribution in [2.75, 3.05) is 0 Å². The molecule has 0 aliphatic heterocycles. The number of Topliss-reactive ketones (excluding diaryl/α,β-unsaturated/α-hetero) is 1. The summed E-state index contributed by atoms with van der Waals surface area (Å²) in [4.78, 5) is 23.7. The van der Waals surface area contributed by atoms with Gasteiger partial charge in [-0.25, -0.2) is 4.39 Å². The lowest BCUT2D eigenvalue weighted by atomic mass is 9.96. The van der Waals surface area contributed by atoms with Crippen LogP contribution in [0.15, 0.2) is 48.5 Å². The van der Waals surface area contributed by atoms with E-state index in [2.05, 4.69) is 0 Å². The molecule has 3 heteroatoms. The van der Waals surface area contributed by atoms with E-state index >= 15 is 0 Å². The van der Waals surface area contributed by atoms with Crippen LogP contribution in [0.3, 0.4) is 0 Å². The van der Waals surface area contributed by atoms with Crippen molar-refractivity contribution in [3.63, 3.8) is 0 Å². The fourth-order valence-electron chi connectivity index (χ4n) is 1.74. The molecule has 0 saturated heterocycles. The fourth-order valence-corrected chi connectivity index (χ4v) is 1.74. The largest absolute Gasteiger partial charge is 0.294 e. The van der Waals surface area contributed by atoms with Gasteiger partial charge in [-0.3, -0.25) is 9.59 Å². The molecule has 2 aromatic carbocycles. The molecule has 0 spiro atoms. The molecule has 0 amide bonds. The van der Waals surface area contributed by atoms with E-state index in [0.717, 1.165) is 0 Å². The molecule has 0 fully saturated rings. The molecule has 0 radical (unpaired) electrons. The summed E-state index contributed by atoms with van der Waals surface area (Å²) in [6.45, 7) is 1.41. The Kier molecular flexibility index (Phi) is 3.33. The molecule has 0 saturated carbocycles. The molecular formula is C15H11FO2. The molecule has 0 bridgehead atoms. The van der Waals surface area contributed by atoms with Crippen LogP contribution in [0.4, 0.5) is 4.39 Å². The van der Waals surface area contributed by atoms with Crippen molar-refractivity contribution in [2.24, 2.45) is 0 Å². The molecule has 0 aliphatic rings. The number of hydrogen-bond donors (Lipinski definition) is 0. The van der Waals surface area contributed by atoms with Gasteiger partial charge in [0.2, 0.25) is 0 Å². The monoisotopic (exact) mass is 242 g/mol. The first-order chi connectivity index (χ1) is 8.59. The molecule has 0 atom stereocenters. The summed E-state index contributed by atoms with van der Waals surface area (Å²) >= 11 is 0. The highest BCUT2D eigenvalue weighted by Gasteiger charge is 2.15. The van der Waals surface area contributed by atoms with Gasteiger partial charge in [-0.05, 0) is 31.2 Å². The van der Waals surface area contributed by atoms with Gasteiger partial charge in [-0.2, -0.15) is 0 Å². The highest BCUT2D eigenvalue weighted by molar-refractivity contribution is 6.15. The number of carbonyl (C=O) groups is 2. The lowest BCUT2D eigenvalue weighted by Gasteiger charge is -2.05. The van der Waals surface area contributed by atoms with Crippen LogP contribution in [0.5, 0.6) is 0 Å². The molecule has 0 N–H and O–H groups in total. The van der Waals surface area contributed by atoms with Crippen molar-refractivity contribution >= 4 is 11.6 Å². The van der Waals surface area contributed by atoms with Gasteiger partial charge in [0, 0.05) is 16.7 Å². The smallest absolute Gasteiger partial charge is 0.193 e. The Labute approximate surface area is 104 Å². The van der Waals surface area contributed by atoms with Gasteiger partial charge in [0.1, 0.15) is 5.82 Å². The van der Waals surface area contributed by atoms with Gasteiger partial charge in [0.15, 0.2) is 11.6 Å². The highest BCUT2D eigenvalue weighted by Crippen LogP contribution is 2.15. The lowest BCUT2D eigenvalue weighted by molar-refractivity contribution is 0.0990.